The smallest absolute Gasteiger partial charge is 0.267 e. The third-order valence-electron chi connectivity index (χ3n) is 5.37. The lowest BCUT2D eigenvalue weighted by atomic mass is 10.1. The summed E-state index contributed by atoms with van der Waals surface area (Å²) in [6, 6.07) is 15.1. The topological polar surface area (TPSA) is 65.2 Å². The fraction of sp³-hybridized carbons (Fsp3) is 0.435. The summed E-state index contributed by atoms with van der Waals surface area (Å²) in [7, 11) is 0. The van der Waals surface area contributed by atoms with E-state index in [1.165, 1.54) is 23.9 Å². The van der Waals surface area contributed by atoms with Crippen LogP contribution in [0.25, 0.3) is 17.1 Å². The first-order chi connectivity index (χ1) is 14.6. The predicted molar refractivity (Wildman–Crippen MR) is 117 cm³/mol. The Morgan fingerprint density at radius 3 is 2.50 bits per heavy atom. The first-order valence-corrected chi connectivity index (χ1v) is 10.7. The number of hydrogen-bond acceptors (Lipinski definition) is 5. The van der Waals surface area contributed by atoms with Gasteiger partial charge in [0.15, 0.2) is 0 Å². The standard InChI is InChI=1S/C23H29N5O2/c1-18(2)27-23(29)12-11-20(24-27)21-17-22(25-28(21)19-9-5-3-6-10-19)30-16-15-26-13-7-4-8-14-26/h3,5-6,9-12,17-18H,4,7-8,13-16H2,1-2H3. The van der Waals surface area contributed by atoms with Crippen molar-refractivity contribution >= 4 is 0 Å². The molecule has 0 unspecified atom stereocenters. The molecule has 7 heteroatoms. The maximum Gasteiger partial charge on any atom is 0.267 e. The van der Waals surface area contributed by atoms with Gasteiger partial charge in [-0.2, -0.15) is 5.10 Å². The van der Waals surface area contributed by atoms with Crippen molar-refractivity contribution in [3.05, 3.63) is 58.9 Å². The van der Waals surface area contributed by atoms with E-state index in [1.54, 1.807) is 12.1 Å². The highest BCUT2D eigenvalue weighted by molar-refractivity contribution is 5.59. The Hall–Kier alpha value is -2.93. The minimum atomic E-state index is -0.113. The summed E-state index contributed by atoms with van der Waals surface area (Å²) < 4.78 is 9.33. The van der Waals surface area contributed by atoms with Crippen molar-refractivity contribution in [1.82, 2.24) is 24.5 Å². The second-order valence-electron chi connectivity index (χ2n) is 7.96. The minimum Gasteiger partial charge on any atom is -0.475 e. The molecule has 1 aliphatic heterocycles. The van der Waals surface area contributed by atoms with E-state index in [0.29, 0.717) is 18.2 Å². The Morgan fingerprint density at radius 1 is 1.00 bits per heavy atom. The molecule has 0 N–H and O–H groups in total. The highest BCUT2D eigenvalue weighted by Crippen LogP contribution is 2.25. The van der Waals surface area contributed by atoms with Gasteiger partial charge < -0.3 is 4.74 Å². The van der Waals surface area contributed by atoms with E-state index in [1.807, 2.05) is 54.9 Å². The molecule has 158 valence electrons. The fourth-order valence-electron chi connectivity index (χ4n) is 3.77. The average Bonchev–Trinajstić information content (AvgIpc) is 3.19. The van der Waals surface area contributed by atoms with Crippen molar-refractivity contribution in [2.75, 3.05) is 26.2 Å². The molecular weight excluding hydrogens is 378 g/mol. The number of rotatable bonds is 7. The molecular formula is C23H29N5O2. The molecule has 4 rings (SSSR count). The van der Waals surface area contributed by atoms with Crippen molar-refractivity contribution in [3.8, 4) is 23.0 Å². The molecule has 3 heterocycles. The Morgan fingerprint density at radius 2 is 1.77 bits per heavy atom. The molecule has 1 fully saturated rings. The van der Waals surface area contributed by atoms with E-state index in [9.17, 15) is 4.79 Å². The maximum absolute atomic E-state index is 12.1. The molecule has 1 aromatic carbocycles. The summed E-state index contributed by atoms with van der Waals surface area (Å²) in [6.07, 6.45) is 3.86. The summed E-state index contributed by atoms with van der Waals surface area (Å²) in [4.78, 5) is 14.6. The van der Waals surface area contributed by atoms with Crippen molar-refractivity contribution in [3.63, 3.8) is 0 Å². The number of ether oxygens (including phenoxy) is 1. The highest BCUT2D eigenvalue weighted by Gasteiger charge is 2.16. The number of likely N-dealkylation sites (tertiary alicyclic amines) is 1. The first kappa shape index (κ1) is 20.3. The largest absolute Gasteiger partial charge is 0.475 e. The molecule has 0 amide bonds. The number of aromatic nitrogens is 4. The molecule has 0 atom stereocenters. The normalized spacial score (nSPS) is 14.9. The van der Waals surface area contributed by atoms with Gasteiger partial charge in [0.2, 0.25) is 5.88 Å². The van der Waals surface area contributed by atoms with Gasteiger partial charge >= 0.3 is 0 Å². The van der Waals surface area contributed by atoms with Gasteiger partial charge in [-0.1, -0.05) is 24.6 Å². The molecule has 30 heavy (non-hydrogen) atoms. The molecule has 0 aliphatic carbocycles. The quantitative estimate of drug-likeness (QED) is 0.599. The Bertz CT molecular complexity index is 1020. The van der Waals surface area contributed by atoms with E-state index in [0.717, 1.165) is 31.0 Å². The van der Waals surface area contributed by atoms with Gasteiger partial charge in [0.1, 0.15) is 12.3 Å². The molecule has 7 nitrogen and oxygen atoms in total. The van der Waals surface area contributed by atoms with Crippen LogP contribution in [0.5, 0.6) is 5.88 Å². The molecule has 1 aliphatic rings. The van der Waals surface area contributed by atoms with Crippen LogP contribution >= 0.6 is 0 Å². The van der Waals surface area contributed by atoms with Crippen LogP contribution in [0.2, 0.25) is 0 Å². The van der Waals surface area contributed by atoms with Crippen molar-refractivity contribution in [1.29, 1.82) is 0 Å². The molecule has 2 aromatic heterocycles. The Kier molecular flexibility index (Phi) is 6.28. The summed E-state index contributed by atoms with van der Waals surface area (Å²) in [5.41, 5.74) is 2.29. The molecule has 0 saturated carbocycles. The SMILES string of the molecule is CC(C)n1nc(-c2cc(OCCN3CCCCC3)nn2-c2ccccc2)ccc1=O. The lowest BCUT2D eigenvalue weighted by Gasteiger charge is -2.25. The third-order valence-corrected chi connectivity index (χ3v) is 5.37. The molecule has 1 saturated heterocycles. The van der Waals surface area contributed by atoms with Gasteiger partial charge in [-0.05, 0) is 58.0 Å². The van der Waals surface area contributed by atoms with Crippen LogP contribution in [0.4, 0.5) is 0 Å². The molecule has 3 aromatic rings. The van der Waals surface area contributed by atoms with Crippen LogP contribution in [0, 0.1) is 0 Å². The lowest BCUT2D eigenvalue weighted by Crippen LogP contribution is -2.33. The van der Waals surface area contributed by atoms with Gasteiger partial charge in [0, 0.05) is 18.7 Å². The zero-order chi connectivity index (χ0) is 20.9. The lowest BCUT2D eigenvalue weighted by molar-refractivity contribution is 0.180. The van der Waals surface area contributed by atoms with E-state index in [4.69, 9.17) is 4.74 Å². The van der Waals surface area contributed by atoms with Gasteiger partial charge in [0.05, 0.1) is 17.4 Å². The molecule has 0 radical (unpaired) electrons. The van der Waals surface area contributed by atoms with Crippen LogP contribution in [0.3, 0.4) is 0 Å². The van der Waals surface area contributed by atoms with Gasteiger partial charge in [0.25, 0.3) is 5.56 Å². The minimum absolute atomic E-state index is 0.0224. The van der Waals surface area contributed by atoms with E-state index >= 15 is 0 Å². The van der Waals surface area contributed by atoms with Crippen molar-refractivity contribution in [2.24, 2.45) is 0 Å². The number of nitrogens with zero attached hydrogens (tertiary/aromatic N) is 5. The number of piperidine rings is 1. The zero-order valence-electron chi connectivity index (χ0n) is 17.7. The summed E-state index contributed by atoms with van der Waals surface area (Å²) in [5.74, 6) is 0.565. The predicted octanol–water partition coefficient (Wildman–Crippen LogP) is 3.54. The number of para-hydroxylation sites is 1. The Labute approximate surface area is 176 Å². The maximum atomic E-state index is 12.1. The van der Waals surface area contributed by atoms with Crippen molar-refractivity contribution in [2.45, 2.75) is 39.2 Å². The van der Waals surface area contributed by atoms with Crippen molar-refractivity contribution < 1.29 is 4.74 Å². The Balaban J connectivity index is 1.62. The number of hydrogen-bond donors (Lipinski definition) is 0. The van der Waals surface area contributed by atoms with Gasteiger partial charge in [-0.25, -0.2) is 9.36 Å². The second kappa shape index (κ2) is 9.26. The average molecular weight is 408 g/mol. The summed E-state index contributed by atoms with van der Waals surface area (Å²) in [5, 5.41) is 9.26. The molecule has 0 bridgehead atoms. The van der Waals surface area contributed by atoms with E-state index in [2.05, 4.69) is 15.1 Å². The molecule has 0 spiro atoms. The van der Waals surface area contributed by atoms with E-state index < -0.39 is 0 Å². The van der Waals surface area contributed by atoms with Crippen LogP contribution < -0.4 is 10.3 Å². The zero-order valence-corrected chi connectivity index (χ0v) is 17.7. The van der Waals surface area contributed by atoms with Gasteiger partial charge in [-0.3, -0.25) is 9.69 Å². The van der Waals surface area contributed by atoms with Crippen LogP contribution in [-0.4, -0.2) is 50.7 Å². The fourth-order valence-corrected chi connectivity index (χ4v) is 3.77. The highest BCUT2D eigenvalue weighted by atomic mass is 16.5. The first-order valence-electron chi connectivity index (χ1n) is 10.7. The summed E-state index contributed by atoms with van der Waals surface area (Å²) >= 11 is 0. The third kappa shape index (κ3) is 4.62. The van der Waals surface area contributed by atoms with Crippen LogP contribution in [-0.2, 0) is 0 Å². The second-order valence-corrected chi connectivity index (χ2v) is 7.96. The van der Waals surface area contributed by atoms with Gasteiger partial charge in [-0.15, -0.1) is 5.10 Å². The summed E-state index contributed by atoms with van der Waals surface area (Å²) in [6.45, 7) is 7.69. The van der Waals surface area contributed by atoms with Crippen LogP contribution in [0.15, 0.2) is 53.3 Å². The monoisotopic (exact) mass is 407 g/mol. The van der Waals surface area contributed by atoms with Crippen LogP contribution in [0.1, 0.15) is 39.2 Å². The van der Waals surface area contributed by atoms with E-state index in [-0.39, 0.29) is 11.6 Å². The number of benzene rings is 1.